The highest BCUT2D eigenvalue weighted by Crippen LogP contribution is 2.38. The van der Waals surface area contributed by atoms with Crippen LogP contribution in [0.25, 0.3) is 11.1 Å². The summed E-state index contributed by atoms with van der Waals surface area (Å²) in [6, 6.07) is 15.9. The van der Waals surface area contributed by atoms with Crippen LogP contribution in [0.2, 0.25) is 0 Å². The van der Waals surface area contributed by atoms with E-state index in [0.717, 1.165) is 5.56 Å². The second kappa shape index (κ2) is 6.55. The number of benzene rings is 2. The Kier molecular flexibility index (Phi) is 4.08. The van der Waals surface area contributed by atoms with Crippen molar-refractivity contribution in [3.63, 3.8) is 0 Å². The third-order valence-electron chi connectivity index (χ3n) is 4.30. The minimum absolute atomic E-state index is 0.187. The van der Waals surface area contributed by atoms with Crippen LogP contribution in [0.15, 0.2) is 66.9 Å². The van der Waals surface area contributed by atoms with Gasteiger partial charge in [-0.2, -0.15) is 4.39 Å². The maximum atomic E-state index is 14.4. The standard InChI is InChI=1S/C20H14F2N2O2/c21-15-8-4-7-13(9-15)18-17(24-20(25)26-18)16-10-14(11-23-19(16)22)12-5-2-1-3-6-12/h1-11,17-18H,(H,24,25)/t17-,18-/m1/s1. The molecule has 130 valence electrons. The average molecular weight is 352 g/mol. The van der Waals surface area contributed by atoms with E-state index in [1.807, 2.05) is 30.3 Å². The number of amides is 1. The van der Waals surface area contributed by atoms with Crippen molar-refractivity contribution in [1.82, 2.24) is 10.3 Å². The molecule has 4 nitrogen and oxygen atoms in total. The number of alkyl carbamates (subject to hydrolysis) is 1. The van der Waals surface area contributed by atoms with Gasteiger partial charge in [0.15, 0.2) is 6.10 Å². The van der Waals surface area contributed by atoms with E-state index in [0.29, 0.717) is 11.1 Å². The SMILES string of the molecule is O=C1N[C@H](c2cc(-c3ccccc3)cnc2F)[C@@H](c2cccc(F)c2)O1. The maximum Gasteiger partial charge on any atom is 0.408 e. The fraction of sp³-hybridized carbons (Fsp3) is 0.100. The first-order valence-electron chi connectivity index (χ1n) is 8.05. The number of ether oxygens (including phenoxy) is 1. The van der Waals surface area contributed by atoms with Crippen molar-refractivity contribution in [3.8, 4) is 11.1 Å². The second-order valence-corrected chi connectivity index (χ2v) is 5.97. The molecular formula is C20H14F2N2O2. The summed E-state index contributed by atoms with van der Waals surface area (Å²) in [5.41, 5.74) is 2.21. The summed E-state index contributed by atoms with van der Waals surface area (Å²) >= 11 is 0. The molecule has 2 heterocycles. The van der Waals surface area contributed by atoms with Gasteiger partial charge in [-0.05, 0) is 29.3 Å². The van der Waals surface area contributed by atoms with Crippen molar-refractivity contribution in [2.75, 3.05) is 0 Å². The predicted molar refractivity (Wildman–Crippen MR) is 91.1 cm³/mol. The van der Waals surface area contributed by atoms with Crippen LogP contribution in [0.4, 0.5) is 13.6 Å². The number of aromatic nitrogens is 1. The van der Waals surface area contributed by atoms with E-state index >= 15 is 0 Å². The Hall–Kier alpha value is -3.28. The molecule has 0 spiro atoms. The van der Waals surface area contributed by atoms with Gasteiger partial charge in [0.1, 0.15) is 11.9 Å². The Labute approximate surface area is 148 Å². The molecule has 4 rings (SSSR count). The molecule has 1 aliphatic rings. The number of hydrogen-bond acceptors (Lipinski definition) is 3. The third kappa shape index (κ3) is 3.01. The molecule has 2 aromatic carbocycles. The molecule has 1 aromatic heterocycles. The molecule has 1 saturated heterocycles. The average Bonchev–Trinajstić information content (AvgIpc) is 3.04. The van der Waals surface area contributed by atoms with Gasteiger partial charge in [-0.15, -0.1) is 0 Å². The zero-order chi connectivity index (χ0) is 18.1. The first-order valence-corrected chi connectivity index (χ1v) is 8.05. The van der Waals surface area contributed by atoms with E-state index in [1.54, 1.807) is 12.1 Å². The second-order valence-electron chi connectivity index (χ2n) is 5.97. The van der Waals surface area contributed by atoms with Crippen molar-refractivity contribution in [3.05, 3.63) is 89.8 Å². The number of hydrogen-bond donors (Lipinski definition) is 1. The minimum Gasteiger partial charge on any atom is -0.439 e. The molecule has 0 unspecified atom stereocenters. The zero-order valence-electron chi connectivity index (χ0n) is 13.5. The lowest BCUT2D eigenvalue weighted by atomic mass is 9.95. The predicted octanol–water partition coefficient (Wildman–Crippen LogP) is 4.55. The lowest BCUT2D eigenvalue weighted by molar-refractivity contribution is 0.131. The van der Waals surface area contributed by atoms with Gasteiger partial charge in [0, 0.05) is 17.3 Å². The molecule has 6 heteroatoms. The molecule has 0 saturated carbocycles. The van der Waals surface area contributed by atoms with Crippen LogP contribution in [-0.4, -0.2) is 11.1 Å². The lowest BCUT2D eigenvalue weighted by Gasteiger charge is -2.18. The Balaban J connectivity index is 1.76. The highest BCUT2D eigenvalue weighted by atomic mass is 19.1. The first-order chi connectivity index (χ1) is 12.6. The van der Waals surface area contributed by atoms with Crippen LogP contribution in [0.1, 0.15) is 23.3 Å². The fourth-order valence-electron chi connectivity index (χ4n) is 3.08. The van der Waals surface area contributed by atoms with Crippen LogP contribution < -0.4 is 5.32 Å². The Morgan fingerprint density at radius 3 is 2.54 bits per heavy atom. The Morgan fingerprint density at radius 1 is 0.962 bits per heavy atom. The highest BCUT2D eigenvalue weighted by molar-refractivity contribution is 5.72. The molecule has 1 fully saturated rings. The summed E-state index contributed by atoms with van der Waals surface area (Å²) in [6.07, 6.45) is -0.0995. The molecule has 1 aliphatic heterocycles. The van der Waals surface area contributed by atoms with Gasteiger partial charge in [-0.1, -0.05) is 42.5 Å². The summed E-state index contributed by atoms with van der Waals surface area (Å²) in [5.74, 6) is -1.16. The van der Waals surface area contributed by atoms with Crippen LogP contribution in [-0.2, 0) is 4.74 Å². The Bertz CT molecular complexity index is 963. The number of carbonyl (C=O) groups is 1. The van der Waals surface area contributed by atoms with E-state index in [1.165, 1.54) is 24.4 Å². The summed E-state index contributed by atoms with van der Waals surface area (Å²) in [6.45, 7) is 0. The number of carbonyl (C=O) groups excluding carboxylic acids is 1. The molecule has 2 atom stereocenters. The van der Waals surface area contributed by atoms with Crippen molar-refractivity contribution in [2.24, 2.45) is 0 Å². The van der Waals surface area contributed by atoms with Crippen molar-refractivity contribution in [1.29, 1.82) is 0 Å². The summed E-state index contributed by atoms with van der Waals surface area (Å²) in [4.78, 5) is 15.6. The minimum atomic E-state index is -0.847. The van der Waals surface area contributed by atoms with Crippen molar-refractivity contribution < 1.29 is 18.3 Å². The van der Waals surface area contributed by atoms with Crippen LogP contribution in [0.3, 0.4) is 0 Å². The smallest absolute Gasteiger partial charge is 0.408 e. The number of pyridine rings is 1. The summed E-state index contributed by atoms with van der Waals surface area (Å²) in [7, 11) is 0. The van der Waals surface area contributed by atoms with Gasteiger partial charge in [-0.3, -0.25) is 0 Å². The summed E-state index contributed by atoms with van der Waals surface area (Å²) < 4.78 is 33.3. The van der Waals surface area contributed by atoms with Crippen LogP contribution in [0, 0.1) is 11.8 Å². The molecule has 1 amide bonds. The number of nitrogens with one attached hydrogen (secondary N) is 1. The van der Waals surface area contributed by atoms with Gasteiger partial charge < -0.3 is 10.1 Å². The highest BCUT2D eigenvalue weighted by Gasteiger charge is 2.38. The summed E-state index contributed by atoms with van der Waals surface area (Å²) in [5, 5.41) is 2.59. The number of cyclic esters (lactones) is 1. The first kappa shape index (κ1) is 16.2. The van der Waals surface area contributed by atoms with E-state index in [-0.39, 0.29) is 5.56 Å². The van der Waals surface area contributed by atoms with Gasteiger partial charge >= 0.3 is 6.09 Å². The topological polar surface area (TPSA) is 51.2 Å². The van der Waals surface area contributed by atoms with Crippen molar-refractivity contribution in [2.45, 2.75) is 12.1 Å². The van der Waals surface area contributed by atoms with E-state index in [4.69, 9.17) is 4.74 Å². The number of nitrogens with zero attached hydrogens (tertiary/aromatic N) is 1. The number of rotatable bonds is 3. The molecule has 3 aromatic rings. The molecule has 0 aliphatic carbocycles. The zero-order valence-corrected chi connectivity index (χ0v) is 13.5. The lowest BCUT2D eigenvalue weighted by Crippen LogP contribution is -2.21. The van der Waals surface area contributed by atoms with Gasteiger partial charge in [0.25, 0.3) is 0 Å². The quantitative estimate of drug-likeness (QED) is 0.704. The van der Waals surface area contributed by atoms with E-state index in [2.05, 4.69) is 10.3 Å². The van der Waals surface area contributed by atoms with Crippen molar-refractivity contribution >= 4 is 6.09 Å². The van der Waals surface area contributed by atoms with E-state index < -0.39 is 30.0 Å². The molecule has 0 bridgehead atoms. The van der Waals surface area contributed by atoms with Crippen LogP contribution in [0.5, 0.6) is 0 Å². The number of halogens is 2. The van der Waals surface area contributed by atoms with Gasteiger partial charge in [0.2, 0.25) is 5.95 Å². The van der Waals surface area contributed by atoms with E-state index in [9.17, 15) is 13.6 Å². The molecule has 26 heavy (non-hydrogen) atoms. The van der Waals surface area contributed by atoms with Gasteiger partial charge in [0.05, 0.1) is 0 Å². The Morgan fingerprint density at radius 2 is 1.77 bits per heavy atom. The largest absolute Gasteiger partial charge is 0.439 e. The maximum absolute atomic E-state index is 14.4. The molecule has 0 radical (unpaired) electrons. The monoisotopic (exact) mass is 352 g/mol. The molecular weight excluding hydrogens is 338 g/mol. The molecule has 1 N–H and O–H groups in total. The normalized spacial score (nSPS) is 19.1. The van der Waals surface area contributed by atoms with Crippen LogP contribution >= 0.6 is 0 Å². The fourth-order valence-corrected chi connectivity index (χ4v) is 3.08. The third-order valence-corrected chi connectivity index (χ3v) is 4.30. The van der Waals surface area contributed by atoms with Gasteiger partial charge in [-0.25, -0.2) is 14.2 Å².